The molecule has 1 amide bonds. The van der Waals surface area contributed by atoms with E-state index in [9.17, 15) is 18.0 Å². The number of halogens is 3. The molecule has 0 aliphatic rings. The Kier molecular flexibility index (Phi) is 4.40. The summed E-state index contributed by atoms with van der Waals surface area (Å²) in [5.74, 6) is 0. The molecular formula is C5H8F3NO2S. The number of aliphatic hydroxyl groups is 1. The van der Waals surface area contributed by atoms with Gasteiger partial charge in [-0.2, -0.15) is 13.2 Å². The summed E-state index contributed by atoms with van der Waals surface area (Å²) in [7, 11) is 0. The van der Waals surface area contributed by atoms with E-state index in [1.807, 2.05) is 0 Å². The normalized spacial score (nSPS) is 14.1. The molecule has 0 radical (unpaired) electrons. The maximum Gasteiger partial charge on any atom is 0.408 e. The maximum absolute atomic E-state index is 11.9. The Morgan fingerprint density at radius 1 is 1.58 bits per heavy atom. The van der Waals surface area contributed by atoms with Crippen LogP contribution in [-0.2, 0) is 0 Å². The Bertz CT molecular complexity index is 161. The van der Waals surface area contributed by atoms with Gasteiger partial charge in [-0.25, -0.2) is 0 Å². The van der Waals surface area contributed by atoms with E-state index in [1.54, 1.807) is 5.32 Å². The topological polar surface area (TPSA) is 49.3 Å². The fraction of sp³-hybridized carbons (Fsp3) is 0.800. The molecule has 0 aliphatic carbocycles. The van der Waals surface area contributed by atoms with E-state index in [2.05, 4.69) is 12.6 Å². The molecule has 3 nitrogen and oxygen atoms in total. The third kappa shape index (κ3) is 4.45. The number of carbonyl (C=O) groups excluding carboxylic acids is 1. The summed E-state index contributed by atoms with van der Waals surface area (Å²) < 4.78 is 35.7. The van der Waals surface area contributed by atoms with E-state index < -0.39 is 30.5 Å². The minimum Gasteiger partial charge on any atom is -0.396 e. The van der Waals surface area contributed by atoms with Crippen molar-refractivity contribution in [3.05, 3.63) is 0 Å². The minimum absolute atomic E-state index is 0.560. The van der Waals surface area contributed by atoms with Gasteiger partial charge in [0.25, 0.3) is 5.24 Å². The van der Waals surface area contributed by atoms with Crippen molar-refractivity contribution in [2.24, 2.45) is 0 Å². The van der Waals surface area contributed by atoms with Crippen molar-refractivity contribution in [3.63, 3.8) is 0 Å². The van der Waals surface area contributed by atoms with E-state index >= 15 is 0 Å². The van der Waals surface area contributed by atoms with Crippen LogP contribution in [0.5, 0.6) is 0 Å². The molecule has 0 saturated heterocycles. The number of hydrogen-bond acceptors (Lipinski definition) is 2. The number of hydrogen-bond donors (Lipinski definition) is 3. The lowest BCUT2D eigenvalue weighted by molar-refractivity contribution is -0.155. The first-order valence-electron chi connectivity index (χ1n) is 3.05. The number of aliphatic hydroxyl groups excluding tert-OH is 1. The lowest BCUT2D eigenvalue weighted by atomic mass is 10.2. The Morgan fingerprint density at radius 3 is 2.33 bits per heavy atom. The highest BCUT2D eigenvalue weighted by Crippen LogP contribution is 2.22. The number of alkyl halides is 3. The lowest BCUT2D eigenvalue weighted by Crippen LogP contribution is -2.44. The van der Waals surface area contributed by atoms with Gasteiger partial charge in [0.05, 0.1) is 0 Å². The standard InChI is InChI=1S/C5H8F3NO2S/c6-5(7,8)3(1-2-10)9-4(11)12/h3,10H,1-2H2,(H2,9,11,12). The summed E-state index contributed by atoms with van der Waals surface area (Å²) in [5, 5.41) is 8.73. The lowest BCUT2D eigenvalue weighted by Gasteiger charge is -2.19. The highest BCUT2D eigenvalue weighted by molar-refractivity contribution is 7.96. The summed E-state index contributed by atoms with van der Waals surface area (Å²) in [5.41, 5.74) is 0. The first-order valence-corrected chi connectivity index (χ1v) is 3.49. The van der Waals surface area contributed by atoms with Gasteiger partial charge in [0.2, 0.25) is 0 Å². The number of amides is 1. The fourth-order valence-electron chi connectivity index (χ4n) is 0.596. The number of nitrogens with one attached hydrogen (secondary N) is 1. The Labute approximate surface area is 72.4 Å². The zero-order chi connectivity index (χ0) is 9.78. The maximum atomic E-state index is 11.9. The van der Waals surface area contributed by atoms with Crippen LogP contribution >= 0.6 is 12.6 Å². The largest absolute Gasteiger partial charge is 0.408 e. The predicted octanol–water partition coefficient (Wildman–Crippen LogP) is 0.939. The van der Waals surface area contributed by atoms with Crippen molar-refractivity contribution in [3.8, 4) is 0 Å². The molecule has 72 valence electrons. The highest BCUT2D eigenvalue weighted by atomic mass is 32.1. The zero-order valence-corrected chi connectivity index (χ0v) is 6.82. The number of thiol groups is 1. The van der Waals surface area contributed by atoms with Crippen molar-refractivity contribution in [1.29, 1.82) is 0 Å². The smallest absolute Gasteiger partial charge is 0.396 e. The third-order valence-electron chi connectivity index (χ3n) is 1.11. The van der Waals surface area contributed by atoms with E-state index in [4.69, 9.17) is 5.11 Å². The molecule has 1 unspecified atom stereocenters. The van der Waals surface area contributed by atoms with Gasteiger partial charge in [-0.1, -0.05) is 12.6 Å². The minimum atomic E-state index is -4.54. The predicted molar refractivity (Wildman–Crippen MR) is 39.1 cm³/mol. The molecule has 2 N–H and O–H groups in total. The fourth-order valence-corrected chi connectivity index (χ4v) is 0.752. The second kappa shape index (κ2) is 4.56. The monoisotopic (exact) mass is 203 g/mol. The van der Waals surface area contributed by atoms with Crippen LogP contribution in [-0.4, -0.2) is 29.2 Å². The van der Waals surface area contributed by atoms with Gasteiger partial charge in [0.1, 0.15) is 6.04 Å². The van der Waals surface area contributed by atoms with Gasteiger partial charge < -0.3 is 10.4 Å². The van der Waals surface area contributed by atoms with Crippen molar-refractivity contribution in [2.75, 3.05) is 6.61 Å². The van der Waals surface area contributed by atoms with Crippen LogP contribution in [0.1, 0.15) is 6.42 Å². The molecule has 0 aromatic heterocycles. The quantitative estimate of drug-likeness (QED) is 0.598. The third-order valence-corrected chi connectivity index (χ3v) is 1.24. The summed E-state index contributed by atoms with van der Waals surface area (Å²) in [6, 6.07) is -2.02. The number of carbonyl (C=O) groups is 1. The average molecular weight is 203 g/mol. The molecule has 7 heteroatoms. The van der Waals surface area contributed by atoms with Crippen LogP contribution in [0.25, 0.3) is 0 Å². The van der Waals surface area contributed by atoms with Crippen molar-refractivity contribution >= 4 is 17.9 Å². The molecule has 0 saturated carbocycles. The second-order valence-corrected chi connectivity index (χ2v) is 2.46. The Balaban J connectivity index is 4.13. The molecule has 0 aliphatic heterocycles. The first kappa shape index (κ1) is 11.6. The average Bonchev–Trinajstić information content (AvgIpc) is 1.83. The molecule has 0 bridgehead atoms. The van der Waals surface area contributed by atoms with Gasteiger partial charge in [0.15, 0.2) is 0 Å². The molecule has 0 fully saturated rings. The van der Waals surface area contributed by atoms with Gasteiger partial charge in [-0.05, 0) is 6.42 Å². The van der Waals surface area contributed by atoms with Crippen LogP contribution < -0.4 is 5.32 Å². The van der Waals surface area contributed by atoms with Gasteiger partial charge in [-0.15, -0.1) is 0 Å². The van der Waals surface area contributed by atoms with Crippen LogP contribution in [0.3, 0.4) is 0 Å². The molecule has 0 heterocycles. The summed E-state index contributed by atoms with van der Waals surface area (Å²) in [6.07, 6.45) is -5.10. The molecule has 1 atom stereocenters. The molecule has 0 aromatic carbocycles. The second-order valence-electron chi connectivity index (χ2n) is 2.06. The Morgan fingerprint density at radius 2 is 2.08 bits per heavy atom. The van der Waals surface area contributed by atoms with Crippen molar-refractivity contribution in [1.82, 2.24) is 5.32 Å². The van der Waals surface area contributed by atoms with E-state index in [1.165, 1.54) is 0 Å². The van der Waals surface area contributed by atoms with Crippen molar-refractivity contribution < 1.29 is 23.1 Å². The van der Waals surface area contributed by atoms with Crippen LogP contribution in [0.2, 0.25) is 0 Å². The van der Waals surface area contributed by atoms with Gasteiger partial charge >= 0.3 is 6.18 Å². The molecular weight excluding hydrogens is 195 g/mol. The zero-order valence-electron chi connectivity index (χ0n) is 5.93. The molecule has 0 aromatic rings. The Hall–Kier alpha value is -0.430. The van der Waals surface area contributed by atoms with Crippen LogP contribution in [0.4, 0.5) is 18.0 Å². The van der Waals surface area contributed by atoms with Gasteiger partial charge in [0, 0.05) is 6.61 Å². The number of rotatable bonds is 3. The van der Waals surface area contributed by atoms with Crippen LogP contribution in [0, 0.1) is 0 Å². The van der Waals surface area contributed by atoms with E-state index in [-0.39, 0.29) is 0 Å². The molecule has 0 spiro atoms. The van der Waals surface area contributed by atoms with Crippen molar-refractivity contribution in [2.45, 2.75) is 18.6 Å². The first-order chi connectivity index (χ1) is 5.38. The van der Waals surface area contributed by atoms with Gasteiger partial charge in [-0.3, -0.25) is 4.79 Å². The summed E-state index contributed by atoms with van der Waals surface area (Å²) >= 11 is 3.13. The molecule has 0 rings (SSSR count). The SMILES string of the molecule is O=C(S)NC(CCO)C(F)(F)F. The highest BCUT2D eigenvalue weighted by Gasteiger charge is 2.39. The summed E-state index contributed by atoms with van der Waals surface area (Å²) in [6.45, 7) is -0.641. The van der Waals surface area contributed by atoms with Crippen LogP contribution in [0.15, 0.2) is 0 Å². The molecule has 12 heavy (non-hydrogen) atoms. The summed E-state index contributed by atoms with van der Waals surface area (Å²) in [4.78, 5) is 10.1. The van der Waals surface area contributed by atoms with E-state index in [0.29, 0.717) is 0 Å². The van der Waals surface area contributed by atoms with E-state index in [0.717, 1.165) is 0 Å².